The maximum atomic E-state index is 13.7. The molecule has 0 saturated heterocycles. The normalized spacial score (nSPS) is 13.1. The zero-order valence-corrected chi connectivity index (χ0v) is 15.2. The van der Waals surface area contributed by atoms with Crippen LogP contribution in [0, 0.1) is 11.6 Å². The third-order valence-corrected chi connectivity index (χ3v) is 4.91. The van der Waals surface area contributed by atoms with E-state index in [4.69, 9.17) is 0 Å². The maximum Gasteiger partial charge on any atom is 0.257 e. The van der Waals surface area contributed by atoms with Gasteiger partial charge in [0.15, 0.2) is 0 Å². The van der Waals surface area contributed by atoms with Crippen molar-refractivity contribution in [2.24, 2.45) is 0 Å². The fraction of sp³-hybridized carbons (Fsp3) is 0.182. The average Bonchev–Trinajstić information content (AvgIpc) is 2.72. The Morgan fingerprint density at radius 1 is 1.00 bits per heavy atom. The Balaban J connectivity index is 1.40. The summed E-state index contributed by atoms with van der Waals surface area (Å²) in [5.74, 6) is -1.68. The minimum absolute atomic E-state index is 0.142. The van der Waals surface area contributed by atoms with Crippen molar-refractivity contribution in [2.75, 3.05) is 11.4 Å². The Kier molecular flexibility index (Phi) is 5.02. The minimum atomic E-state index is -0.878. The lowest BCUT2D eigenvalue weighted by atomic mass is 10.00. The first-order valence-electron chi connectivity index (χ1n) is 9.10. The molecule has 28 heavy (non-hydrogen) atoms. The van der Waals surface area contributed by atoms with Gasteiger partial charge in [-0.05, 0) is 41.3 Å². The predicted molar refractivity (Wildman–Crippen MR) is 103 cm³/mol. The van der Waals surface area contributed by atoms with E-state index in [1.165, 1.54) is 17.2 Å². The summed E-state index contributed by atoms with van der Waals surface area (Å²) >= 11 is 0. The largest absolute Gasteiger partial charge is 0.352 e. The van der Waals surface area contributed by atoms with E-state index in [9.17, 15) is 13.6 Å². The molecule has 6 heteroatoms. The Morgan fingerprint density at radius 3 is 2.46 bits per heavy atom. The molecule has 0 aliphatic carbocycles. The van der Waals surface area contributed by atoms with Crippen LogP contribution in [0.5, 0.6) is 0 Å². The van der Waals surface area contributed by atoms with Gasteiger partial charge in [-0.3, -0.25) is 4.79 Å². The molecule has 0 saturated carbocycles. The van der Waals surface area contributed by atoms with Gasteiger partial charge in [0.25, 0.3) is 5.91 Å². The number of pyridine rings is 1. The second-order valence-electron chi connectivity index (χ2n) is 6.74. The highest BCUT2D eigenvalue weighted by Gasteiger charge is 2.18. The first kappa shape index (κ1) is 18.1. The van der Waals surface area contributed by atoms with Crippen LogP contribution < -0.4 is 10.2 Å². The van der Waals surface area contributed by atoms with Gasteiger partial charge in [0.2, 0.25) is 0 Å². The number of rotatable bonds is 4. The number of halogens is 2. The van der Waals surface area contributed by atoms with Crippen LogP contribution in [0.25, 0.3) is 0 Å². The molecule has 1 aromatic heterocycles. The molecule has 3 aromatic rings. The Hall–Kier alpha value is -3.28. The van der Waals surface area contributed by atoms with Gasteiger partial charge in [-0.1, -0.05) is 36.4 Å². The molecule has 0 bridgehead atoms. The van der Waals surface area contributed by atoms with Crippen molar-refractivity contribution in [3.63, 3.8) is 0 Å². The fourth-order valence-electron chi connectivity index (χ4n) is 3.39. The number of anilines is 1. The summed E-state index contributed by atoms with van der Waals surface area (Å²) < 4.78 is 27.3. The van der Waals surface area contributed by atoms with Crippen molar-refractivity contribution in [1.82, 2.24) is 10.3 Å². The number of nitrogens with one attached hydrogen (secondary N) is 1. The number of benzene rings is 2. The number of carbonyl (C=O) groups excluding carboxylic acids is 1. The summed E-state index contributed by atoms with van der Waals surface area (Å²) in [5, 5.41) is 2.54. The zero-order chi connectivity index (χ0) is 19.5. The molecular formula is C22H19F2N3O. The van der Waals surface area contributed by atoms with Gasteiger partial charge >= 0.3 is 0 Å². The molecule has 2 aromatic carbocycles. The lowest BCUT2D eigenvalue weighted by Crippen LogP contribution is -2.31. The first-order chi connectivity index (χ1) is 13.6. The molecule has 142 valence electrons. The van der Waals surface area contributed by atoms with Crippen molar-refractivity contribution >= 4 is 11.7 Å². The van der Waals surface area contributed by atoms with Gasteiger partial charge in [-0.2, -0.15) is 0 Å². The van der Waals surface area contributed by atoms with E-state index in [-0.39, 0.29) is 6.54 Å². The predicted octanol–water partition coefficient (Wildman–Crippen LogP) is 3.85. The third kappa shape index (κ3) is 3.71. The van der Waals surface area contributed by atoms with E-state index < -0.39 is 23.1 Å². The lowest BCUT2D eigenvalue weighted by molar-refractivity contribution is 0.0942. The Labute approximate surface area is 161 Å². The van der Waals surface area contributed by atoms with Crippen LogP contribution in [-0.2, 0) is 19.5 Å². The molecule has 0 fully saturated rings. The summed E-state index contributed by atoms with van der Waals surface area (Å²) in [6.45, 7) is 1.85. The van der Waals surface area contributed by atoms with Crippen LogP contribution in [-0.4, -0.2) is 17.4 Å². The zero-order valence-electron chi connectivity index (χ0n) is 15.2. The fourth-order valence-corrected chi connectivity index (χ4v) is 3.39. The van der Waals surface area contributed by atoms with Crippen LogP contribution in [0.15, 0.2) is 60.8 Å². The summed E-state index contributed by atoms with van der Waals surface area (Å²) in [6.07, 6.45) is 2.65. The second-order valence-corrected chi connectivity index (χ2v) is 6.74. The molecule has 4 nitrogen and oxygen atoms in total. The molecule has 4 rings (SSSR count). The minimum Gasteiger partial charge on any atom is -0.352 e. The Morgan fingerprint density at radius 2 is 1.75 bits per heavy atom. The molecule has 1 amide bonds. The van der Waals surface area contributed by atoms with Crippen LogP contribution in [0.1, 0.15) is 27.0 Å². The van der Waals surface area contributed by atoms with Crippen molar-refractivity contribution in [2.45, 2.75) is 19.5 Å². The quantitative estimate of drug-likeness (QED) is 0.749. The molecule has 0 atom stereocenters. The van der Waals surface area contributed by atoms with E-state index in [1.54, 1.807) is 6.20 Å². The second kappa shape index (κ2) is 7.76. The van der Waals surface area contributed by atoms with E-state index in [0.29, 0.717) is 0 Å². The number of hydrogen-bond acceptors (Lipinski definition) is 3. The number of hydrogen-bond donors (Lipinski definition) is 1. The topological polar surface area (TPSA) is 45.2 Å². The van der Waals surface area contributed by atoms with Gasteiger partial charge in [0, 0.05) is 25.8 Å². The number of amides is 1. The van der Waals surface area contributed by atoms with E-state index >= 15 is 0 Å². The highest BCUT2D eigenvalue weighted by molar-refractivity contribution is 5.94. The molecule has 0 spiro atoms. The van der Waals surface area contributed by atoms with Gasteiger partial charge in [0.1, 0.15) is 23.0 Å². The molecule has 1 aliphatic heterocycles. The van der Waals surface area contributed by atoms with Crippen molar-refractivity contribution in [3.8, 4) is 0 Å². The summed E-state index contributed by atoms with van der Waals surface area (Å²) in [7, 11) is 0. The number of fused-ring (bicyclic) bond motifs is 1. The third-order valence-electron chi connectivity index (χ3n) is 4.91. The number of nitrogens with zero attached hydrogens (tertiary/aromatic N) is 2. The average molecular weight is 379 g/mol. The van der Waals surface area contributed by atoms with E-state index in [0.717, 1.165) is 43.0 Å². The van der Waals surface area contributed by atoms with E-state index in [2.05, 4.69) is 33.4 Å². The molecule has 0 radical (unpaired) electrons. The highest BCUT2D eigenvalue weighted by atomic mass is 19.1. The molecule has 1 aliphatic rings. The van der Waals surface area contributed by atoms with Crippen LogP contribution in [0.3, 0.4) is 0 Å². The van der Waals surface area contributed by atoms with E-state index in [1.807, 2.05) is 18.2 Å². The number of aromatic nitrogens is 1. The molecule has 1 N–H and O–H groups in total. The van der Waals surface area contributed by atoms with Gasteiger partial charge in [0.05, 0.1) is 0 Å². The Bertz CT molecular complexity index is 985. The van der Waals surface area contributed by atoms with Crippen LogP contribution in [0.2, 0.25) is 0 Å². The molecule has 2 heterocycles. The standard InChI is InChI=1S/C22H19F2N3O/c23-18-6-3-7-19(24)21(18)22(28)26-13-15-8-9-20(25-12-15)27-11-10-16-4-1-2-5-17(16)14-27/h1-9,12H,10-11,13-14H2,(H,26,28). The van der Waals surface area contributed by atoms with Crippen LogP contribution in [0.4, 0.5) is 14.6 Å². The number of carbonyl (C=O) groups is 1. The SMILES string of the molecule is O=C(NCc1ccc(N2CCc3ccccc3C2)nc1)c1c(F)cccc1F. The lowest BCUT2D eigenvalue weighted by Gasteiger charge is -2.29. The molecule has 0 unspecified atom stereocenters. The summed E-state index contributed by atoms with van der Waals surface area (Å²) in [5.41, 5.74) is 2.86. The van der Waals surface area contributed by atoms with Crippen LogP contribution >= 0.6 is 0 Å². The van der Waals surface area contributed by atoms with Gasteiger partial charge in [-0.15, -0.1) is 0 Å². The van der Waals surface area contributed by atoms with Crippen molar-refractivity contribution < 1.29 is 13.6 Å². The molecular weight excluding hydrogens is 360 g/mol. The summed E-state index contributed by atoms with van der Waals surface area (Å²) in [6, 6.07) is 15.5. The smallest absolute Gasteiger partial charge is 0.257 e. The van der Waals surface area contributed by atoms with Crippen molar-refractivity contribution in [1.29, 1.82) is 0 Å². The van der Waals surface area contributed by atoms with Gasteiger partial charge in [-0.25, -0.2) is 13.8 Å². The highest BCUT2D eigenvalue weighted by Crippen LogP contribution is 2.23. The first-order valence-corrected chi connectivity index (χ1v) is 9.10. The monoisotopic (exact) mass is 379 g/mol. The summed E-state index contributed by atoms with van der Waals surface area (Å²) in [4.78, 5) is 18.8. The maximum absolute atomic E-state index is 13.7. The van der Waals surface area contributed by atoms with Gasteiger partial charge < -0.3 is 10.2 Å². The van der Waals surface area contributed by atoms with Crippen molar-refractivity contribution in [3.05, 3.63) is 94.7 Å².